The summed E-state index contributed by atoms with van der Waals surface area (Å²) in [4.78, 5) is 31.0. The molecule has 2 fully saturated rings. The Morgan fingerprint density at radius 1 is 1.24 bits per heavy atom. The number of nitrogens with one attached hydrogen (secondary N) is 2. The SMILES string of the molecule is CC(C)(O)C(=O)NNC(=O)c1cnn2ccc(N3CCC4C[C@]43c3cc(F)ccc3F)nc12. The van der Waals surface area contributed by atoms with E-state index >= 15 is 0 Å². The van der Waals surface area contributed by atoms with Gasteiger partial charge < -0.3 is 10.0 Å². The van der Waals surface area contributed by atoms with Crippen LogP contribution in [0.1, 0.15) is 42.6 Å². The average Bonchev–Trinajstić information content (AvgIpc) is 3.14. The van der Waals surface area contributed by atoms with E-state index in [1.165, 1.54) is 30.6 Å². The van der Waals surface area contributed by atoms with Gasteiger partial charge in [0.25, 0.3) is 11.8 Å². The molecule has 172 valence electrons. The van der Waals surface area contributed by atoms with Crippen LogP contribution in [-0.4, -0.2) is 43.7 Å². The highest BCUT2D eigenvalue weighted by Crippen LogP contribution is 2.63. The number of hydrogen-bond donors (Lipinski definition) is 3. The minimum absolute atomic E-state index is 0.102. The van der Waals surface area contributed by atoms with E-state index in [2.05, 4.69) is 20.9 Å². The molecule has 3 N–H and O–H groups in total. The van der Waals surface area contributed by atoms with Crippen LogP contribution >= 0.6 is 0 Å². The van der Waals surface area contributed by atoms with Gasteiger partial charge in [0.15, 0.2) is 5.65 Å². The zero-order valence-corrected chi connectivity index (χ0v) is 18.0. The van der Waals surface area contributed by atoms with E-state index in [9.17, 15) is 23.5 Å². The van der Waals surface area contributed by atoms with E-state index < -0.39 is 34.6 Å². The number of piperidine rings is 1. The number of halogens is 2. The summed E-state index contributed by atoms with van der Waals surface area (Å²) in [6, 6.07) is 5.21. The highest BCUT2D eigenvalue weighted by molar-refractivity contribution is 6.00. The molecule has 0 bridgehead atoms. The lowest BCUT2D eigenvalue weighted by Gasteiger charge is -2.30. The summed E-state index contributed by atoms with van der Waals surface area (Å²) >= 11 is 0. The van der Waals surface area contributed by atoms with Crippen LogP contribution in [-0.2, 0) is 10.3 Å². The van der Waals surface area contributed by atoms with Crippen LogP contribution in [0.2, 0.25) is 0 Å². The van der Waals surface area contributed by atoms with Crippen LogP contribution in [0, 0.1) is 17.6 Å². The molecule has 1 aliphatic heterocycles. The summed E-state index contributed by atoms with van der Waals surface area (Å²) < 4.78 is 30.0. The second-order valence-corrected chi connectivity index (χ2v) is 8.97. The molecule has 0 radical (unpaired) electrons. The summed E-state index contributed by atoms with van der Waals surface area (Å²) in [5.74, 6) is -1.69. The van der Waals surface area contributed by atoms with Gasteiger partial charge in [0.2, 0.25) is 0 Å². The number of carbonyl (C=O) groups is 2. The van der Waals surface area contributed by atoms with Gasteiger partial charge in [-0.25, -0.2) is 18.3 Å². The molecule has 33 heavy (non-hydrogen) atoms. The van der Waals surface area contributed by atoms with Gasteiger partial charge in [0.05, 0.1) is 11.7 Å². The van der Waals surface area contributed by atoms with Crippen molar-refractivity contribution in [2.24, 2.45) is 5.92 Å². The minimum atomic E-state index is -1.67. The number of rotatable bonds is 4. The summed E-state index contributed by atoms with van der Waals surface area (Å²) in [5.41, 5.74) is 2.71. The van der Waals surface area contributed by atoms with E-state index in [0.29, 0.717) is 24.3 Å². The molecule has 5 rings (SSSR count). The van der Waals surface area contributed by atoms with Crippen LogP contribution < -0.4 is 15.8 Å². The van der Waals surface area contributed by atoms with Crippen molar-refractivity contribution in [1.29, 1.82) is 0 Å². The van der Waals surface area contributed by atoms with Crippen molar-refractivity contribution in [2.45, 2.75) is 37.8 Å². The van der Waals surface area contributed by atoms with Crippen molar-refractivity contribution in [1.82, 2.24) is 25.4 Å². The first-order valence-corrected chi connectivity index (χ1v) is 10.5. The molecule has 9 nitrogen and oxygen atoms in total. The number of hydrogen-bond acceptors (Lipinski definition) is 6. The number of aliphatic hydroxyl groups is 1. The molecule has 3 heterocycles. The lowest BCUT2D eigenvalue weighted by molar-refractivity contribution is -0.137. The fourth-order valence-electron chi connectivity index (χ4n) is 4.60. The molecule has 2 aromatic heterocycles. The fraction of sp³-hybridized carbons (Fsp3) is 0.364. The quantitative estimate of drug-likeness (QED) is 0.515. The maximum atomic E-state index is 14.7. The first-order chi connectivity index (χ1) is 15.6. The third-order valence-electron chi connectivity index (χ3n) is 6.37. The standard InChI is InChI=1S/C22H22F2N6O3/c1-21(2,33)20(32)28-27-19(31)14-11-25-30-8-6-17(26-18(14)30)29-7-5-12-10-22(12,29)15-9-13(23)3-4-16(15)24/h3-4,6,8-9,11-12,33H,5,7,10H2,1-2H3,(H,27,31)(H,28,32)/t12?,22-/m1/s1. The normalized spacial score (nSPS) is 21.7. The van der Waals surface area contributed by atoms with Crippen LogP contribution in [0.25, 0.3) is 5.65 Å². The summed E-state index contributed by atoms with van der Waals surface area (Å²) in [6.45, 7) is 3.19. The second-order valence-electron chi connectivity index (χ2n) is 8.97. The summed E-state index contributed by atoms with van der Waals surface area (Å²) in [6.07, 6.45) is 4.45. The van der Waals surface area contributed by atoms with Crippen molar-refractivity contribution >= 4 is 23.3 Å². The number of benzene rings is 1. The van der Waals surface area contributed by atoms with E-state index in [-0.39, 0.29) is 17.1 Å². The maximum absolute atomic E-state index is 14.7. The van der Waals surface area contributed by atoms with Gasteiger partial charge in [-0.3, -0.25) is 20.4 Å². The van der Waals surface area contributed by atoms with Gasteiger partial charge in [-0.05, 0) is 56.9 Å². The third-order valence-corrected chi connectivity index (χ3v) is 6.37. The van der Waals surface area contributed by atoms with E-state index in [4.69, 9.17) is 0 Å². The van der Waals surface area contributed by atoms with Gasteiger partial charge in [-0.2, -0.15) is 5.10 Å². The zero-order chi connectivity index (χ0) is 23.5. The number of amides is 2. The highest BCUT2D eigenvalue weighted by atomic mass is 19.1. The number of hydrazine groups is 1. The van der Waals surface area contributed by atoms with Crippen LogP contribution in [0.3, 0.4) is 0 Å². The topological polar surface area (TPSA) is 112 Å². The molecule has 2 amide bonds. The Bertz CT molecular complexity index is 1290. The molecule has 1 saturated carbocycles. The highest BCUT2D eigenvalue weighted by Gasteiger charge is 2.64. The van der Waals surface area contributed by atoms with Crippen molar-refractivity contribution in [3.05, 3.63) is 59.4 Å². The van der Waals surface area contributed by atoms with Gasteiger partial charge in [0, 0.05) is 18.3 Å². The second kappa shape index (κ2) is 7.20. The number of carbonyl (C=O) groups excluding carboxylic acids is 2. The first kappa shape index (κ1) is 21.3. The Morgan fingerprint density at radius 3 is 2.76 bits per heavy atom. The van der Waals surface area contributed by atoms with Crippen molar-refractivity contribution < 1.29 is 23.5 Å². The van der Waals surface area contributed by atoms with E-state index in [1.807, 2.05) is 4.90 Å². The van der Waals surface area contributed by atoms with E-state index in [0.717, 1.165) is 18.6 Å². The predicted molar refractivity (Wildman–Crippen MR) is 113 cm³/mol. The molecule has 1 saturated heterocycles. The predicted octanol–water partition coefficient (Wildman–Crippen LogP) is 1.66. The Labute approximate surface area is 187 Å². The fourth-order valence-corrected chi connectivity index (χ4v) is 4.60. The zero-order valence-electron chi connectivity index (χ0n) is 18.0. The number of anilines is 1. The number of fused-ring (bicyclic) bond motifs is 2. The molecular weight excluding hydrogens is 434 g/mol. The monoisotopic (exact) mass is 456 g/mol. The molecule has 1 aromatic carbocycles. The molecule has 3 aromatic rings. The maximum Gasteiger partial charge on any atom is 0.275 e. The van der Waals surface area contributed by atoms with Gasteiger partial charge in [-0.15, -0.1) is 0 Å². The number of aromatic nitrogens is 3. The van der Waals surface area contributed by atoms with Crippen LogP contribution in [0.5, 0.6) is 0 Å². The van der Waals surface area contributed by atoms with Crippen molar-refractivity contribution in [3.8, 4) is 0 Å². The van der Waals surface area contributed by atoms with Gasteiger partial charge >= 0.3 is 0 Å². The van der Waals surface area contributed by atoms with Crippen molar-refractivity contribution in [2.75, 3.05) is 11.4 Å². The average molecular weight is 456 g/mol. The molecule has 2 atom stereocenters. The van der Waals surface area contributed by atoms with Crippen LogP contribution in [0.4, 0.5) is 14.6 Å². The smallest absolute Gasteiger partial charge is 0.275 e. The minimum Gasteiger partial charge on any atom is -0.381 e. The third kappa shape index (κ3) is 3.39. The molecular formula is C22H22F2N6O3. The Kier molecular flexibility index (Phi) is 4.64. The first-order valence-electron chi connectivity index (χ1n) is 10.5. The van der Waals surface area contributed by atoms with Crippen molar-refractivity contribution in [3.63, 3.8) is 0 Å². The molecule has 1 unspecified atom stereocenters. The van der Waals surface area contributed by atoms with Gasteiger partial charge in [-0.1, -0.05) is 0 Å². The Balaban J connectivity index is 1.46. The summed E-state index contributed by atoms with van der Waals surface area (Å²) in [7, 11) is 0. The van der Waals surface area contributed by atoms with Gasteiger partial charge in [0.1, 0.15) is 28.6 Å². The van der Waals surface area contributed by atoms with Crippen LogP contribution in [0.15, 0.2) is 36.7 Å². The molecule has 2 aliphatic rings. The lowest BCUT2D eigenvalue weighted by atomic mass is 10.0. The molecule has 1 aliphatic carbocycles. The summed E-state index contributed by atoms with van der Waals surface area (Å²) in [5, 5.41) is 13.8. The Morgan fingerprint density at radius 2 is 2.03 bits per heavy atom. The largest absolute Gasteiger partial charge is 0.381 e. The lowest BCUT2D eigenvalue weighted by Crippen LogP contribution is -2.50. The Hall–Kier alpha value is -3.60. The number of nitrogens with zero attached hydrogens (tertiary/aromatic N) is 4. The molecule has 0 spiro atoms. The molecule has 11 heteroatoms. The van der Waals surface area contributed by atoms with E-state index in [1.54, 1.807) is 12.3 Å².